The molecule has 8 aromatic carbocycles. The zero-order valence-corrected chi connectivity index (χ0v) is 79.5. The Kier molecular flexibility index (Phi) is 47.3. The van der Waals surface area contributed by atoms with E-state index in [4.69, 9.17) is 23.2 Å². The number of aryl methyl sites for hydroxylation is 7. The Morgan fingerprint density at radius 1 is 0.477 bits per heavy atom. The summed E-state index contributed by atoms with van der Waals surface area (Å²) in [6.07, 6.45) is 1.76. The number of aldehydes is 1. The van der Waals surface area contributed by atoms with Gasteiger partial charge in [0.1, 0.15) is 9.85 Å². The van der Waals surface area contributed by atoms with Gasteiger partial charge in [-0.3, -0.25) is 13.9 Å². The van der Waals surface area contributed by atoms with E-state index in [0.717, 1.165) is 63.2 Å². The van der Waals surface area contributed by atoms with E-state index in [0.29, 0.717) is 39.0 Å². The molecule has 25 heteroatoms. The maximum atomic E-state index is 13.7. The number of hydrogen-bond donors (Lipinski definition) is 1. The van der Waals surface area contributed by atoms with Gasteiger partial charge in [-0.05, 0) is 260 Å². The van der Waals surface area contributed by atoms with E-state index in [1.165, 1.54) is 101 Å². The molecule has 0 amide bonds. The number of benzene rings is 8. The van der Waals surface area contributed by atoms with Crippen LogP contribution in [0.15, 0.2) is 200 Å². The number of aliphatic hydroxyl groups excluding tert-OH is 1. The number of carbonyl (C=O) groups is 1. The smallest absolute Gasteiger partial charge is 1.00 e. The second-order valence-electron chi connectivity index (χ2n) is 23.6. The molecule has 1 unspecified atom stereocenters. The van der Waals surface area contributed by atoms with Gasteiger partial charge >= 0.3 is 44.7 Å². The fourth-order valence-electron chi connectivity index (χ4n) is 11.2. The second kappa shape index (κ2) is 51.4. The van der Waals surface area contributed by atoms with Crippen LogP contribution in [0.3, 0.4) is 0 Å². The van der Waals surface area contributed by atoms with Crippen LogP contribution >= 0.6 is 166 Å². The van der Waals surface area contributed by atoms with E-state index < -0.39 is 20.9 Å². The molecule has 0 saturated carbocycles. The van der Waals surface area contributed by atoms with Gasteiger partial charge in [-0.15, -0.1) is 68.0 Å². The SMILES string of the molecule is BrP(Br)Br.C.C.CCOP(=O)(Cc1sc2ccccc2c1C)OCC.CCOP(=O)(OCC)C(Cc1ccc(F)cc1)c1sc2ccccc2c1C.Cc1c(C=O)sc2ccccc12.Cc1c(CBr)sc2ccccc12.Cc1c(CO)sc2ccccc12.Cc1ccc(CBr)cc1.Cc1csc2ccccc12.[B].[H-].[Na+]. The topological polar surface area (TPSA) is 108 Å². The summed E-state index contributed by atoms with van der Waals surface area (Å²) < 4.78 is 69.1. The third kappa shape index (κ3) is 29.4. The van der Waals surface area contributed by atoms with Gasteiger partial charge in [0.2, 0.25) is 0 Å². The Labute approximate surface area is 737 Å². The summed E-state index contributed by atoms with van der Waals surface area (Å²) >= 11 is 26.6. The van der Waals surface area contributed by atoms with Gasteiger partial charge in [0.25, 0.3) is 0 Å². The predicted molar refractivity (Wildman–Crippen MR) is 499 cm³/mol. The van der Waals surface area contributed by atoms with E-state index in [9.17, 15) is 18.3 Å². The Balaban J connectivity index is 0.000000442. The molecule has 0 saturated heterocycles. The molecule has 0 aliphatic heterocycles. The van der Waals surface area contributed by atoms with E-state index in [1.807, 2.05) is 125 Å². The predicted octanol–water partition coefficient (Wildman–Crippen LogP) is 29.2. The van der Waals surface area contributed by atoms with Gasteiger partial charge in [-0.25, -0.2) is 4.39 Å². The van der Waals surface area contributed by atoms with Gasteiger partial charge < -0.3 is 24.6 Å². The van der Waals surface area contributed by atoms with Crippen LogP contribution in [0.2, 0.25) is 0 Å². The number of fused-ring (bicyclic) bond motifs is 6. The van der Waals surface area contributed by atoms with Crippen LogP contribution in [-0.4, -0.2) is 46.2 Å². The first-order valence-corrected chi connectivity index (χ1v) is 51.8. The zero-order valence-electron chi connectivity index (χ0n) is 63.0. The molecule has 0 fully saturated rings. The molecule has 1 N–H and O–H groups in total. The van der Waals surface area contributed by atoms with Gasteiger partial charge in [0.05, 0.1) is 49.7 Å². The van der Waals surface area contributed by atoms with Crippen LogP contribution in [0, 0.1) is 54.3 Å². The van der Waals surface area contributed by atoms with Crippen molar-refractivity contribution in [3.8, 4) is 0 Å². The standard InChI is InChI=1S/C21H24FO3PS.C14H19O3PS.C10H9BrS.C10H10OS.C10H8OS.C9H8S.C8H9Br.2CH4.B.Br3P.Na.H/c1-4-24-26(23,25-5-2)19(14-16-10-12-17(22)13-11-16)21-15(3)18-8-6-7-9-20(18)27-21;1-4-16-18(15,17-5-2)10-14-11(3)12-8-6-7-9-13(12)19-14;3*1-7-8-4-2-3-5-9(8)12-10(7)6-11;1-7-6-10-9-5-3-2-4-8(7)9;1-7-2-4-8(6-9)5-3-7;;;;1-4(2)3;;/h6-13,19H,4-5,14H2,1-3H3;6-9H,4-5,10H2,1-3H3;2-5H,6H2,1H3;2-5,11H,6H2,1H3;2-6H,1H3;2-6H,1H3;2-5H,6H2,1H3;2*1H4;;;;/q;;;;;;;;;;;+1;-1. The maximum absolute atomic E-state index is 13.7. The van der Waals surface area contributed by atoms with Crippen molar-refractivity contribution in [2.75, 3.05) is 26.4 Å². The Morgan fingerprint density at radius 3 is 1.24 bits per heavy atom. The summed E-state index contributed by atoms with van der Waals surface area (Å²) in [5.41, 5.74) is 10.5. The Bertz CT molecular complexity index is 5030. The Morgan fingerprint density at radius 2 is 0.844 bits per heavy atom. The molecule has 6 aromatic heterocycles. The van der Waals surface area contributed by atoms with Crippen LogP contribution < -0.4 is 29.6 Å². The fraction of sp³-hybridized carbons (Fsp3) is 0.274. The number of alkyl halides is 2. The molecule has 14 rings (SSSR count). The first-order chi connectivity index (χ1) is 50.5. The molecule has 0 spiro atoms. The summed E-state index contributed by atoms with van der Waals surface area (Å²) in [4.78, 5) is 16.1. The first-order valence-electron chi connectivity index (χ1n) is 33.8. The third-order valence-corrected chi connectivity index (χ3v) is 30.4. The summed E-state index contributed by atoms with van der Waals surface area (Å²) in [5, 5.41) is 20.8. The molecule has 0 bridgehead atoms. The van der Waals surface area contributed by atoms with Crippen molar-refractivity contribution >= 4 is 241 Å². The van der Waals surface area contributed by atoms with Gasteiger partial charge in [-0.1, -0.05) is 198 Å². The summed E-state index contributed by atoms with van der Waals surface area (Å²) in [6, 6.07) is 64.6. The molecule has 577 valence electrons. The molecular formula is C84H96BBr5FNaO8P3S6. The molecule has 1 atom stereocenters. The van der Waals surface area contributed by atoms with E-state index in [-0.39, 0.29) is 70.7 Å². The summed E-state index contributed by atoms with van der Waals surface area (Å²) in [6.45, 7) is 23.5. The number of rotatable bonds is 18. The number of carbonyl (C=O) groups excluding carboxylic acids is 1. The fourth-order valence-corrected chi connectivity index (χ4v) is 23.6. The molecule has 3 radical (unpaired) electrons. The van der Waals surface area contributed by atoms with Crippen molar-refractivity contribution in [3.63, 3.8) is 0 Å². The molecule has 109 heavy (non-hydrogen) atoms. The van der Waals surface area contributed by atoms with E-state index >= 15 is 0 Å². The van der Waals surface area contributed by atoms with Crippen molar-refractivity contribution in [3.05, 3.63) is 280 Å². The normalized spacial score (nSPS) is 11.0. The van der Waals surface area contributed by atoms with E-state index in [1.54, 1.807) is 57.5 Å². The number of halogens is 6. The molecular weight excluding hydrogens is 1870 g/mol. The minimum Gasteiger partial charge on any atom is -1.00 e. The average molecular weight is 1970 g/mol. The zero-order chi connectivity index (χ0) is 76.2. The van der Waals surface area contributed by atoms with Crippen molar-refractivity contribution in [1.82, 2.24) is 0 Å². The summed E-state index contributed by atoms with van der Waals surface area (Å²) in [7, 11) is -6.41. The average Bonchev–Trinajstić information content (AvgIpc) is 1.60. The molecule has 14 aromatic rings. The molecule has 0 aliphatic rings. The minimum absolute atomic E-state index is 0. The first kappa shape index (κ1) is 100. The molecule has 0 aliphatic carbocycles. The van der Waals surface area contributed by atoms with E-state index in [2.05, 4.69) is 228 Å². The largest absolute Gasteiger partial charge is 1.00 e. The van der Waals surface area contributed by atoms with Crippen molar-refractivity contribution in [2.24, 2.45) is 0 Å². The van der Waals surface area contributed by atoms with Gasteiger partial charge in [0.15, 0.2) is 6.29 Å². The minimum atomic E-state index is -3.39. The monoisotopic (exact) mass is 1970 g/mol. The van der Waals surface area contributed by atoms with Crippen molar-refractivity contribution in [1.29, 1.82) is 0 Å². The number of thiophene rings is 6. The van der Waals surface area contributed by atoms with Gasteiger partial charge in [-0.2, -0.15) is 0 Å². The van der Waals surface area contributed by atoms with Crippen LogP contribution in [-0.2, 0) is 57.1 Å². The maximum Gasteiger partial charge on any atom is 1.00 e. The third-order valence-electron chi connectivity index (χ3n) is 16.5. The molecule has 6 heterocycles. The van der Waals surface area contributed by atoms with Crippen LogP contribution in [0.1, 0.15) is 129 Å². The van der Waals surface area contributed by atoms with Crippen molar-refractivity contribution < 1.29 is 72.5 Å². The summed E-state index contributed by atoms with van der Waals surface area (Å²) in [5.74, 6) is -0.286. The Hall–Kier alpha value is -2.73. The van der Waals surface area contributed by atoms with Crippen LogP contribution in [0.25, 0.3) is 60.5 Å². The van der Waals surface area contributed by atoms with Crippen LogP contribution in [0.5, 0.6) is 0 Å². The number of hydrogen-bond acceptors (Lipinski definition) is 14. The van der Waals surface area contributed by atoms with Crippen molar-refractivity contribution in [2.45, 2.75) is 127 Å². The second-order valence-corrected chi connectivity index (χ2v) is 50.8. The quantitative estimate of drug-likeness (QED) is 0.0392. The van der Waals surface area contributed by atoms with Gasteiger partial charge in [0, 0.05) is 66.8 Å². The van der Waals surface area contributed by atoms with Crippen LogP contribution in [0.4, 0.5) is 4.39 Å². The molecule has 8 nitrogen and oxygen atoms in total. The number of aliphatic hydroxyl groups is 1.